The second kappa shape index (κ2) is 13.4. The highest BCUT2D eigenvalue weighted by Gasteiger charge is 2.30. The van der Waals surface area contributed by atoms with Crippen LogP contribution in [0.3, 0.4) is 0 Å². The van der Waals surface area contributed by atoms with E-state index >= 15 is 0 Å². The zero-order valence-corrected chi connectivity index (χ0v) is 20.7. The number of rotatable bonds is 12. The summed E-state index contributed by atoms with van der Waals surface area (Å²) in [5, 5.41) is 18.6. The molecule has 0 aliphatic heterocycles. The van der Waals surface area contributed by atoms with Gasteiger partial charge in [0.25, 0.3) is 0 Å². The van der Waals surface area contributed by atoms with Gasteiger partial charge in [0.05, 0.1) is 6.42 Å². The quantitative estimate of drug-likeness (QED) is 0.209. The van der Waals surface area contributed by atoms with Crippen molar-refractivity contribution in [3.05, 3.63) is 0 Å². The van der Waals surface area contributed by atoms with Gasteiger partial charge in [-0.05, 0) is 47.0 Å². The van der Waals surface area contributed by atoms with E-state index in [2.05, 4.69) is 21.3 Å². The second-order valence-electron chi connectivity index (χ2n) is 9.36. The molecule has 7 N–H and O–H groups in total. The maximum Gasteiger partial charge on any atom is 0.408 e. The predicted octanol–water partition coefficient (Wildman–Crippen LogP) is -0.620. The van der Waals surface area contributed by atoms with Crippen LogP contribution in [0.4, 0.5) is 4.79 Å². The number of nitrogens with one attached hydrogen (secondary N) is 4. The number of alkyl carbamates (subject to hydrolysis) is 1. The largest absolute Gasteiger partial charge is 0.480 e. The Morgan fingerprint density at radius 3 is 1.71 bits per heavy atom. The Morgan fingerprint density at radius 1 is 0.794 bits per heavy atom. The normalized spacial score (nSPS) is 14.7. The third-order valence-corrected chi connectivity index (χ3v) is 4.24. The van der Waals surface area contributed by atoms with Crippen molar-refractivity contribution >= 4 is 35.7 Å². The maximum atomic E-state index is 12.6. The van der Waals surface area contributed by atoms with Crippen molar-refractivity contribution in [2.75, 3.05) is 0 Å². The molecule has 0 fully saturated rings. The zero-order chi connectivity index (χ0) is 26.8. The van der Waals surface area contributed by atoms with E-state index < -0.39 is 71.9 Å². The summed E-state index contributed by atoms with van der Waals surface area (Å²) in [7, 11) is 0. The number of carbonyl (C=O) groups excluding carboxylic acids is 5. The van der Waals surface area contributed by atoms with Crippen molar-refractivity contribution in [3.8, 4) is 0 Å². The van der Waals surface area contributed by atoms with Crippen LogP contribution < -0.4 is 27.0 Å². The van der Waals surface area contributed by atoms with Crippen LogP contribution in [0.25, 0.3) is 0 Å². The summed E-state index contributed by atoms with van der Waals surface area (Å²) < 4.78 is 5.06. The molecule has 0 spiro atoms. The summed E-state index contributed by atoms with van der Waals surface area (Å²) in [4.78, 5) is 72.0. The van der Waals surface area contributed by atoms with Gasteiger partial charge in [-0.15, -0.1) is 0 Å². The number of carbonyl (C=O) groups is 6. The fraction of sp³-hybridized carbons (Fsp3) is 0.714. The average molecular weight is 488 g/mol. The van der Waals surface area contributed by atoms with Gasteiger partial charge < -0.3 is 36.8 Å². The summed E-state index contributed by atoms with van der Waals surface area (Å²) in [6, 6.07) is -4.88. The molecule has 194 valence electrons. The number of nitrogens with two attached hydrogens (primary N) is 1. The third-order valence-electron chi connectivity index (χ3n) is 4.24. The predicted molar refractivity (Wildman–Crippen MR) is 121 cm³/mol. The minimum atomic E-state index is -1.45. The molecule has 0 aliphatic rings. The minimum absolute atomic E-state index is 0.0444. The molecule has 0 rings (SSSR count). The fourth-order valence-corrected chi connectivity index (χ4v) is 2.63. The van der Waals surface area contributed by atoms with Crippen molar-refractivity contribution in [1.82, 2.24) is 21.3 Å². The average Bonchev–Trinajstić information content (AvgIpc) is 2.64. The van der Waals surface area contributed by atoms with Crippen LogP contribution in [-0.2, 0) is 28.7 Å². The Hall–Kier alpha value is -3.38. The van der Waals surface area contributed by atoms with Crippen molar-refractivity contribution in [2.24, 2.45) is 11.7 Å². The van der Waals surface area contributed by atoms with E-state index in [-0.39, 0.29) is 12.3 Å². The number of primary amides is 1. The Morgan fingerprint density at radius 2 is 1.26 bits per heavy atom. The van der Waals surface area contributed by atoms with Crippen molar-refractivity contribution < 1.29 is 38.6 Å². The number of hydrogen-bond acceptors (Lipinski definition) is 7. The van der Waals surface area contributed by atoms with Crippen LogP contribution in [0.5, 0.6) is 0 Å². The number of carboxylic acids is 1. The van der Waals surface area contributed by atoms with E-state index in [4.69, 9.17) is 10.5 Å². The third kappa shape index (κ3) is 12.6. The van der Waals surface area contributed by atoms with Gasteiger partial charge in [0.15, 0.2) is 0 Å². The van der Waals surface area contributed by atoms with Crippen molar-refractivity contribution in [3.63, 3.8) is 0 Å². The highest BCUT2D eigenvalue weighted by molar-refractivity contribution is 5.96. The molecule has 0 aromatic carbocycles. The molecule has 0 unspecified atom stereocenters. The smallest absolute Gasteiger partial charge is 0.408 e. The number of carboxylic acid groups (broad SMARTS) is 1. The summed E-state index contributed by atoms with van der Waals surface area (Å²) in [5.41, 5.74) is 4.39. The standard InChI is InChI=1S/C21H37N5O8/c1-10(2)8-14(19(31)32)26-18(30)13(9-15(22)27)25-17(29)11(3)23-16(28)12(4)24-20(33)34-21(5,6)7/h10-14H,8-9H2,1-7H3,(H2,22,27)(H,23,28)(H,24,33)(H,25,29)(H,26,30)(H,31,32)/t11-,12-,13-,14-/m0/s1. The molecule has 5 amide bonds. The zero-order valence-electron chi connectivity index (χ0n) is 20.7. The lowest BCUT2D eigenvalue weighted by Gasteiger charge is -2.24. The topological polar surface area (TPSA) is 206 Å². The van der Waals surface area contributed by atoms with Gasteiger partial charge in [0, 0.05) is 0 Å². The monoisotopic (exact) mass is 487 g/mol. The first kappa shape index (κ1) is 30.6. The number of aliphatic carboxylic acids is 1. The molecule has 0 aliphatic carbocycles. The molecule has 0 aromatic heterocycles. The Balaban J connectivity index is 5.12. The first-order chi connectivity index (χ1) is 15.4. The van der Waals surface area contributed by atoms with Crippen LogP contribution in [-0.4, -0.2) is 70.6 Å². The van der Waals surface area contributed by atoms with Crippen molar-refractivity contribution in [2.45, 2.75) is 91.1 Å². The molecule has 34 heavy (non-hydrogen) atoms. The summed E-state index contributed by atoms with van der Waals surface area (Å²) in [6.45, 7) is 11.2. The van der Waals surface area contributed by atoms with E-state index in [1.807, 2.05) is 0 Å². The Bertz CT molecular complexity index is 778. The van der Waals surface area contributed by atoms with Gasteiger partial charge in [0.1, 0.15) is 29.8 Å². The molecule has 13 nitrogen and oxygen atoms in total. The van der Waals surface area contributed by atoms with Crippen LogP contribution >= 0.6 is 0 Å². The van der Waals surface area contributed by atoms with E-state index in [1.165, 1.54) is 13.8 Å². The van der Waals surface area contributed by atoms with Crippen LogP contribution in [0.2, 0.25) is 0 Å². The molecule has 0 heterocycles. The second-order valence-corrected chi connectivity index (χ2v) is 9.36. The number of amides is 5. The number of hydrogen-bond donors (Lipinski definition) is 6. The Labute approximate surface area is 198 Å². The van der Waals surface area contributed by atoms with Crippen LogP contribution in [0.1, 0.15) is 61.3 Å². The molecule has 0 saturated carbocycles. The van der Waals surface area contributed by atoms with E-state index in [0.29, 0.717) is 0 Å². The lowest BCUT2D eigenvalue weighted by atomic mass is 10.0. The minimum Gasteiger partial charge on any atom is -0.480 e. The van der Waals surface area contributed by atoms with Crippen molar-refractivity contribution in [1.29, 1.82) is 0 Å². The SMILES string of the molecule is CC(C)C[C@H](NC(=O)[C@H](CC(N)=O)NC(=O)[C@H](C)NC(=O)[C@H](C)NC(=O)OC(C)(C)C)C(=O)O. The van der Waals surface area contributed by atoms with Gasteiger partial charge in [-0.25, -0.2) is 9.59 Å². The van der Waals surface area contributed by atoms with E-state index in [9.17, 15) is 33.9 Å². The van der Waals surface area contributed by atoms with Crippen LogP contribution in [0.15, 0.2) is 0 Å². The molecular weight excluding hydrogens is 450 g/mol. The first-order valence-corrected chi connectivity index (χ1v) is 10.8. The maximum absolute atomic E-state index is 12.6. The highest BCUT2D eigenvalue weighted by atomic mass is 16.6. The summed E-state index contributed by atoms with van der Waals surface area (Å²) >= 11 is 0. The van der Waals surface area contributed by atoms with Gasteiger partial charge in [-0.3, -0.25) is 19.2 Å². The summed E-state index contributed by atoms with van der Waals surface area (Å²) in [6.07, 6.45) is -1.27. The lowest BCUT2D eigenvalue weighted by Crippen LogP contribution is -2.57. The molecule has 0 radical (unpaired) electrons. The molecule has 0 bridgehead atoms. The molecule has 13 heteroatoms. The molecule has 0 aromatic rings. The number of ether oxygens (including phenoxy) is 1. The fourth-order valence-electron chi connectivity index (χ4n) is 2.63. The highest BCUT2D eigenvalue weighted by Crippen LogP contribution is 2.07. The van der Waals surface area contributed by atoms with E-state index in [0.717, 1.165) is 0 Å². The van der Waals surface area contributed by atoms with Gasteiger partial charge >= 0.3 is 12.1 Å². The first-order valence-electron chi connectivity index (χ1n) is 10.8. The van der Waals surface area contributed by atoms with E-state index in [1.54, 1.807) is 34.6 Å². The molecule has 4 atom stereocenters. The van der Waals surface area contributed by atoms with Gasteiger partial charge in [-0.1, -0.05) is 13.8 Å². The van der Waals surface area contributed by atoms with Gasteiger partial charge in [0.2, 0.25) is 23.6 Å². The molecule has 0 saturated heterocycles. The van der Waals surface area contributed by atoms with Crippen LogP contribution in [0, 0.1) is 5.92 Å². The van der Waals surface area contributed by atoms with Gasteiger partial charge in [-0.2, -0.15) is 0 Å². The molecular formula is C21H37N5O8. The Kier molecular flexibility index (Phi) is 12.0. The summed E-state index contributed by atoms with van der Waals surface area (Å²) in [5.74, 6) is -4.64. The lowest BCUT2D eigenvalue weighted by molar-refractivity contribution is -0.143.